The van der Waals surface area contributed by atoms with E-state index in [0.29, 0.717) is 36.7 Å². The molecule has 5 rings (SSSR count). The lowest BCUT2D eigenvalue weighted by Gasteiger charge is -2.41. The smallest absolute Gasteiger partial charge is 0.294 e. The molecule has 2 heterocycles. The molecule has 0 bridgehead atoms. The van der Waals surface area contributed by atoms with Gasteiger partial charge in [0.1, 0.15) is 5.82 Å². The van der Waals surface area contributed by atoms with Crippen LogP contribution in [0.1, 0.15) is 63.1 Å². The Labute approximate surface area is 235 Å². The number of hydrogen-bond acceptors (Lipinski definition) is 4. The summed E-state index contributed by atoms with van der Waals surface area (Å²) < 4.78 is 13.1. The molecule has 0 radical (unpaired) electrons. The van der Waals surface area contributed by atoms with Gasteiger partial charge in [-0.25, -0.2) is 4.39 Å². The summed E-state index contributed by atoms with van der Waals surface area (Å²) in [6.07, 6.45) is 4.18. The molecule has 0 spiro atoms. The molecule has 3 aromatic rings. The SMILES string of the molecule is Cc1ccc(C(=O)C(=O)N2CCC(N3CCC(NC(=O)c4ccc(Cc5ccc(F)cc5)cc4)CC3)CC2)cc1. The maximum absolute atomic E-state index is 13.1. The van der Waals surface area contributed by atoms with Gasteiger partial charge in [-0.2, -0.15) is 0 Å². The van der Waals surface area contributed by atoms with Crippen LogP contribution in [0.5, 0.6) is 0 Å². The van der Waals surface area contributed by atoms with E-state index in [9.17, 15) is 18.8 Å². The Morgan fingerprint density at radius 1 is 0.750 bits per heavy atom. The van der Waals surface area contributed by atoms with E-state index in [1.165, 1.54) is 12.1 Å². The van der Waals surface area contributed by atoms with Crippen molar-refractivity contribution in [1.29, 1.82) is 0 Å². The largest absolute Gasteiger partial charge is 0.349 e. The Hall–Kier alpha value is -3.84. The summed E-state index contributed by atoms with van der Waals surface area (Å²) in [4.78, 5) is 42.4. The number of ketones is 1. The molecule has 7 heteroatoms. The van der Waals surface area contributed by atoms with E-state index in [4.69, 9.17) is 0 Å². The average molecular weight is 542 g/mol. The van der Waals surface area contributed by atoms with Gasteiger partial charge in [-0.05, 0) is 74.4 Å². The van der Waals surface area contributed by atoms with E-state index in [2.05, 4.69) is 10.2 Å². The second-order valence-corrected chi connectivity index (χ2v) is 11.0. The van der Waals surface area contributed by atoms with Gasteiger partial charge < -0.3 is 15.1 Å². The third-order valence-electron chi connectivity index (χ3n) is 8.18. The number of benzene rings is 3. The molecule has 2 aliphatic heterocycles. The fourth-order valence-electron chi connectivity index (χ4n) is 5.70. The van der Waals surface area contributed by atoms with Crippen molar-refractivity contribution < 1.29 is 18.8 Å². The van der Waals surface area contributed by atoms with Crippen LogP contribution in [0.2, 0.25) is 0 Å². The number of nitrogens with one attached hydrogen (secondary N) is 1. The zero-order valence-corrected chi connectivity index (χ0v) is 22.9. The fraction of sp³-hybridized carbons (Fsp3) is 0.364. The number of aryl methyl sites for hydroxylation is 1. The lowest BCUT2D eigenvalue weighted by Crippen LogP contribution is -2.52. The zero-order chi connectivity index (χ0) is 28.1. The normalized spacial score (nSPS) is 17.0. The summed E-state index contributed by atoms with van der Waals surface area (Å²) >= 11 is 0. The van der Waals surface area contributed by atoms with Crippen molar-refractivity contribution in [3.8, 4) is 0 Å². The molecule has 3 aromatic carbocycles. The lowest BCUT2D eigenvalue weighted by molar-refractivity contribution is -0.128. The molecule has 2 saturated heterocycles. The first-order chi connectivity index (χ1) is 19.4. The first kappa shape index (κ1) is 27.7. The number of rotatable bonds is 7. The van der Waals surface area contributed by atoms with Crippen molar-refractivity contribution in [1.82, 2.24) is 15.1 Å². The van der Waals surface area contributed by atoms with Gasteiger partial charge in [0.05, 0.1) is 0 Å². The van der Waals surface area contributed by atoms with E-state index in [1.807, 2.05) is 43.3 Å². The molecule has 1 N–H and O–H groups in total. The van der Waals surface area contributed by atoms with E-state index >= 15 is 0 Å². The van der Waals surface area contributed by atoms with Crippen LogP contribution < -0.4 is 5.32 Å². The van der Waals surface area contributed by atoms with Crippen LogP contribution in [0.25, 0.3) is 0 Å². The third-order valence-corrected chi connectivity index (χ3v) is 8.18. The number of Topliss-reactive ketones (excluding diaryl/α,β-unsaturated/α-hetero) is 1. The van der Waals surface area contributed by atoms with Crippen LogP contribution >= 0.6 is 0 Å². The number of piperidine rings is 2. The van der Waals surface area contributed by atoms with Crippen molar-refractivity contribution in [3.63, 3.8) is 0 Å². The minimum atomic E-state index is -0.433. The zero-order valence-electron chi connectivity index (χ0n) is 22.9. The highest BCUT2D eigenvalue weighted by atomic mass is 19.1. The molecule has 0 atom stereocenters. The molecule has 0 aromatic heterocycles. The van der Waals surface area contributed by atoms with Crippen molar-refractivity contribution in [2.45, 2.75) is 51.1 Å². The summed E-state index contributed by atoms with van der Waals surface area (Å²) in [6, 6.07) is 21.7. The third kappa shape index (κ3) is 6.83. The molecule has 208 valence electrons. The molecule has 2 aliphatic rings. The van der Waals surface area contributed by atoms with E-state index in [1.54, 1.807) is 29.2 Å². The van der Waals surface area contributed by atoms with Gasteiger partial charge >= 0.3 is 0 Å². The summed E-state index contributed by atoms with van der Waals surface area (Å²) in [5, 5.41) is 3.19. The topological polar surface area (TPSA) is 69.7 Å². The highest BCUT2D eigenvalue weighted by Crippen LogP contribution is 2.22. The quantitative estimate of drug-likeness (QED) is 0.345. The number of nitrogens with zero attached hydrogens (tertiary/aromatic N) is 2. The fourth-order valence-corrected chi connectivity index (χ4v) is 5.70. The van der Waals surface area contributed by atoms with Crippen molar-refractivity contribution >= 4 is 17.6 Å². The highest BCUT2D eigenvalue weighted by molar-refractivity contribution is 6.42. The summed E-state index contributed by atoms with van der Waals surface area (Å²) in [5.41, 5.74) is 4.24. The number of carbonyl (C=O) groups excluding carboxylic acids is 3. The van der Waals surface area contributed by atoms with Gasteiger partial charge in [0.25, 0.3) is 11.8 Å². The summed E-state index contributed by atoms with van der Waals surface area (Å²) in [6.45, 7) is 4.95. The van der Waals surface area contributed by atoms with Crippen molar-refractivity contribution in [2.24, 2.45) is 0 Å². The number of hydrogen-bond donors (Lipinski definition) is 1. The second kappa shape index (κ2) is 12.6. The Balaban J connectivity index is 1.04. The van der Waals surface area contributed by atoms with Gasteiger partial charge in [0, 0.05) is 49.4 Å². The highest BCUT2D eigenvalue weighted by Gasteiger charge is 2.32. The molecule has 0 aliphatic carbocycles. The van der Waals surface area contributed by atoms with Crippen molar-refractivity contribution in [2.75, 3.05) is 26.2 Å². The Bertz CT molecular complexity index is 1320. The van der Waals surface area contributed by atoms with Crippen LogP contribution in [-0.4, -0.2) is 65.7 Å². The molecule has 2 amide bonds. The number of amides is 2. The molecule has 2 fully saturated rings. The number of halogens is 1. The predicted molar refractivity (Wildman–Crippen MR) is 153 cm³/mol. The molecule has 0 unspecified atom stereocenters. The van der Waals surface area contributed by atoms with Crippen LogP contribution in [0.3, 0.4) is 0 Å². The second-order valence-electron chi connectivity index (χ2n) is 11.0. The van der Waals surface area contributed by atoms with Gasteiger partial charge in [-0.3, -0.25) is 14.4 Å². The summed E-state index contributed by atoms with van der Waals surface area (Å²) in [5.74, 6) is -1.15. The minimum absolute atomic E-state index is 0.0585. The number of carbonyl (C=O) groups is 3. The van der Waals surface area contributed by atoms with Gasteiger partial charge in [-0.1, -0.05) is 54.1 Å². The Morgan fingerprint density at radius 3 is 1.90 bits per heavy atom. The molecule has 40 heavy (non-hydrogen) atoms. The molecular weight excluding hydrogens is 505 g/mol. The van der Waals surface area contributed by atoms with Crippen LogP contribution in [0.15, 0.2) is 72.8 Å². The Morgan fingerprint density at radius 2 is 1.30 bits per heavy atom. The maximum Gasteiger partial charge on any atom is 0.294 e. The lowest BCUT2D eigenvalue weighted by atomic mass is 9.97. The van der Waals surface area contributed by atoms with Crippen molar-refractivity contribution in [3.05, 3.63) is 106 Å². The monoisotopic (exact) mass is 541 g/mol. The van der Waals surface area contributed by atoms with E-state index < -0.39 is 11.7 Å². The average Bonchev–Trinajstić information content (AvgIpc) is 2.99. The van der Waals surface area contributed by atoms with E-state index in [-0.39, 0.29) is 17.8 Å². The van der Waals surface area contributed by atoms with Gasteiger partial charge in [-0.15, -0.1) is 0 Å². The van der Waals surface area contributed by atoms with Gasteiger partial charge in [0.15, 0.2) is 0 Å². The first-order valence-electron chi connectivity index (χ1n) is 14.1. The maximum atomic E-state index is 13.1. The number of likely N-dealkylation sites (tertiary alicyclic amines) is 2. The standard InChI is InChI=1S/C33H36FN3O3/c1-23-2-8-26(9-3-23)31(38)33(40)37-20-16-30(17-21-37)36-18-14-29(15-19-36)35-32(39)27-10-4-24(5-11-27)22-25-6-12-28(34)13-7-25/h2-13,29-30H,14-22H2,1H3,(H,35,39). The van der Waals surface area contributed by atoms with Crippen LogP contribution in [-0.2, 0) is 11.2 Å². The van der Waals surface area contributed by atoms with Gasteiger partial charge in [0.2, 0.25) is 5.78 Å². The molecule has 6 nitrogen and oxygen atoms in total. The first-order valence-corrected chi connectivity index (χ1v) is 14.1. The predicted octanol–water partition coefficient (Wildman–Crippen LogP) is 4.79. The summed E-state index contributed by atoms with van der Waals surface area (Å²) in [7, 11) is 0. The van der Waals surface area contributed by atoms with E-state index in [0.717, 1.165) is 55.5 Å². The Kier molecular flexibility index (Phi) is 8.70. The van der Waals surface area contributed by atoms with Crippen LogP contribution in [0.4, 0.5) is 4.39 Å². The molecular formula is C33H36FN3O3. The van der Waals surface area contributed by atoms with Crippen LogP contribution in [0, 0.1) is 12.7 Å². The minimum Gasteiger partial charge on any atom is -0.349 e. The molecule has 0 saturated carbocycles.